The van der Waals surface area contributed by atoms with E-state index in [0.29, 0.717) is 18.1 Å². The topological polar surface area (TPSA) is 80.3 Å². The number of Topliss-reactive ketones (excluding diaryl/α,β-unsaturated/α-hetero) is 1. The van der Waals surface area contributed by atoms with Gasteiger partial charge in [-0.3, -0.25) is 9.59 Å². The Kier molecular flexibility index (Phi) is 7.19. The molecule has 3 fully saturated rings. The van der Waals surface area contributed by atoms with Gasteiger partial charge in [0.05, 0.1) is 5.75 Å². The third kappa shape index (κ3) is 5.44. The van der Waals surface area contributed by atoms with E-state index in [2.05, 4.69) is 0 Å². The van der Waals surface area contributed by atoms with E-state index >= 15 is 0 Å². The van der Waals surface area contributed by atoms with Gasteiger partial charge in [0.2, 0.25) is 0 Å². The van der Waals surface area contributed by atoms with Gasteiger partial charge in [-0.25, -0.2) is 0 Å². The highest BCUT2D eigenvalue weighted by Gasteiger charge is 2.55. The first kappa shape index (κ1) is 21.0. The lowest BCUT2D eigenvalue weighted by Crippen LogP contribution is -2.34. The van der Waals surface area contributed by atoms with Crippen LogP contribution in [0.4, 0.5) is 0 Å². The van der Waals surface area contributed by atoms with Crippen LogP contribution in [0.25, 0.3) is 0 Å². The first-order valence-corrected chi connectivity index (χ1v) is 10.1. The molecule has 5 radical (unpaired) electrons. The van der Waals surface area contributed by atoms with Gasteiger partial charge in [0, 0.05) is 25.2 Å². The summed E-state index contributed by atoms with van der Waals surface area (Å²) in [6.07, 6.45) is 5.99. The predicted octanol–water partition coefficient (Wildman–Crippen LogP) is 1.52. The molecule has 0 aromatic carbocycles. The number of ether oxygens (including phenoxy) is 5. The quantitative estimate of drug-likeness (QED) is 0.428. The zero-order valence-corrected chi connectivity index (χ0v) is 16.5. The Labute approximate surface area is 164 Å². The number of fused-ring (bicyclic) bond motifs is 1. The number of carbonyl (C=O) groups is 2. The fraction of sp³-hybridized carbons (Fsp3) is 0.632. The number of carbonyl (C=O) groups excluding carboxylic acids is 2. The molecule has 2 heterocycles. The molecular formula is C19H25O7S. The van der Waals surface area contributed by atoms with E-state index in [1.54, 1.807) is 12.8 Å². The molecule has 8 heteroatoms. The van der Waals surface area contributed by atoms with Crippen molar-refractivity contribution in [3.63, 3.8) is 0 Å². The summed E-state index contributed by atoms with van der Waals surface area (Å²) in [5.41, 5.74) is 0. The van der Waals surface area contributed by atoms with E-state index in [9.17, 15) is 9.59 Å². The molecule has 1 aliphatic carbocycles. The summed E-state index contributed by atoms with van der Waals surface area (Å²) >= 11 is 1.38. The van der Waals surface area contributed by atoms with Gasteiger partial charge in [-0.15, -0.1) is 11.8 Å². The standard InChI is InChI=1S/C19H25O7S/c1-19(2)25-16-14(24-18(22-3)17(16)26-19)10-23-15(21)11-27-9-8-13(20)12-6-4-5-7-12/h4-7,14,16-18H,8-11H2,1-3H3/t14-,16+,17+,18+/m1/s1. The second kappa shape index (κ2) is 9.22. The van der Waals surface area contributed by atoms with Crippen LogP contribution in [0.15, 0.2) is 0 Å². The number of hydrogen-bond donors (Lipinski definition) is 0. The van der Waals surface area contributed by atoms with Crippen molar-refractivity contribution in [3.8, 4) is 0 Å². The van der Waals surface area contributed by atoms with E-state index in [0.717, 1.165) is 0 Å². The Balaban J connectivity index is 1.33. The van der Waals surface area contributed by atoms with Crippen LogP contribution < -0.4 is 0 Å². The molecule has 4 atom stereocenters. The maximum absolute atomic E-state index is 12.0. The summed E-state index contributed by atoms with van der Waals surface area (Å²) in [4.78, 5) is 23.8. The third-order valence-electron chi connectivity index (χ3n) is 4.43. The van der Waals surface area contributed by atoms with Crippen molar-refractivity contribution >= 4 is 23.5 Å². The Bertz CT molecular complexity index is 532. The van der Waals surface area contributed by atoms with Crippen molar-refractivity contribution in [2.75, 3.05) is 25.2 Å². The summed E-state index contributed by atoms with van der Waals surface area (Å²) in [6, 6.07) is 0. The van der Waals surface area contributed by atoms with E-state index < -0.39 is 18.2 Å². The molecule has 0 spiro atoms. The number of ketones is 1. The minimum atomic E-state index is -0.720. The van der Waals surface area contributed by atoms with Crippen molar-refractivity contribution in [2.45, 2.75) is 50.7 Å². The van der Waals surface area contributed by atoms with Crippen molar-refractivity contribution in [1.82, 2.24) is 0 Å². The van der Waals surface area contributed by atoms with Gasteiger partial charge in [0.1, 0.15) is 30.7 Å². The average Bonchev–Trinajstić information content (AvgIpc) is 3.32. The monoisotopic (exact) mass is 397 g/mol. The predicted molar refractivity (Wildman–Crippen MR) is 97.8 cm³/mol. The summed E-state index contributed by atoms with van der Waals surface area (Å²) < 4.78 is 28.0. The Morgan fingerprint density at radius 3 is 2.59 bits per heavy atom. The van der Waals surface area contributed by atoms with E-state index in [4.69, 9.17) is 23.7 Å². The van der Waals surface area contributed by atoms with Gasteiger partial charge >= 0.3 is 5.97 Å². The third-order valence-corrected chi connectivity index (χ3v) is 5.36. The molecule has 0 amide bonds. The molecule has 149 valence electrons. The van der Waals surface area contributed by atoms with Crippen LogP contribution in [0, 0.1) is 31.6 Å². The molecule has 2 aliphatic heterocycles. The molecule has 27 heavy (non-hydrogen) atoms. The Morgan fingerprint density at radius 1 is 1.19 bits per heavy atom. The molecule has 2 saturated heterocycles. The van der Waals surface area contributed by atoms with Crippen LogP contribution in [0.3, 0.4) is 0 Å². The number of methoxy groups -OCH3 is 1. The van der Waals surface area contributed by atoms with Gasteiger partial charge in [0.25, 0.3) is 0 Å². The SMILES string of the molecule is CO[C@H]1O[C@H](COC(=O)CSCCC(=O)[C]2[CH][CH][CH][CH]2)[C@@H]2OC(C)(C)O[C@H]12. The lowest BCUT2D eigenvalue weighted by Gasteiger charge is -2.23. The number of rotatable bonds is 9. The highest BCUT2D eigenvalue weighted by molar-refractivity contribution is 7.99. The first-order chi connectivity index (χ1) is 12.9. The zero-order chi connectivity index (χ0) is 19.4. The molecule has 0 aromatic heterocycles. The molecule has 3 aliphatic rings. The van der Waals surface area contributed by atoms with Crippen LogP contribution >= 0.6 is 11.8 Å². The van der Waals surface area contributed by atoms with Gasteiger partial charge < -0.3 is 23.7 Å². The second-order valence-electron chi connectivity index (χ2n) is 6.93. The minimum Gasteiger partial charge on any atom is -0.462 e. The Morgan fingerprint density at radius 2 is 1.89 bits per heavy atom. The molecule has 0 bridgehead atoms. The van der Waals surface area contributed by atoms with Gasteiger partial charge in [-0.2, -0.15) is 0 Å². The summed E-state index contributed by atoms with van der Waals surface area (Å²) in [6.45, 7) is 3.73. The molecular weight excluding hydrogens is 372 g/mol. The molecule has 0 aromatic rings. The van der Waals surface area contributed by atoms with Gasteiger partial charge in [-0.1, -0.05) is 0 Å². The van der Waals surface area contributed by atoms with E-state index in [1.807, 2.05) is 26.7 Å². The zero-order valence-electron chi connectivity index (χ0n) is 15.7. The van der Waals surface area contributed by atoms with E-state index in [-0.39, 0.29) is 36.3 Å². The molecule has 3 rings (SSSR count). The fourth-order valence-corrected chi connectivity index (χ4v) is 3.93. The van der Waals surface area contributed by atoms with Crippen molar-refractivity contribution in [2.24, 2.45) is 0 Å². The number of esters is 1. The normalized spacial score (nSPS) is 32.6. The average molecular weight is 397 g/mol. The molecule has 0 N–H and O–H groups in total. The van der Waals surface area contributed by atoms with Crippen LogP contribution in [0.5, 0.6) is 0 Å². The van der Waals surface area contributed by atoms with Crippen LogP contribution in [0.1, 0.15) is 20.3 Å². The van der Waals surface area contributed by atoms with Crippen molar-refractivity contribution in [3.05, 3.63) is 31.6 Å². The lowest BCUT2D eigenvalue weighted by molar-refractivity contribution is -0.231. The van der Waals surface area contributed by atoms with E-state index in [1.165, 1.54) is 18.9 Å². The maximum Gasteiger partial charge on any atom is 0.315 e. The van der Waals surface area contributed by atoms with Crippen molar-refractivity contribution < 1.29 is 33.3 Å². The molecule has 0 unspecified atom stereocenters. The highest BCUT2D eigenvalue weighted by atomic mass is 32.2. The summed E-state index contributed by atoms with van der Waals surface area (Å²) in [7, 11) is 1.54. The van der Waals surface area contributed by atoms with Crippen LogP contribution in [0.2, 0.25) is 0 Å². The number of hydrogen-bond acceptors (Lipinski definition) is 8. The molecule has 1 saturated carbocycles. The largest absolute Gasteiger partial charge is 0.462 e. The first-order valence-electron chi connectivity index (χ1n) is 8.92. The fourth-order valence-electron chi connectivity index (χ4n) is 3.21. The smallest absolute Gasteiger partial charge is 0.315 e. The van der Waals surface area contributed by atoms with Crippen LogP contribution in [-0.2, 0) is 33.3 Å². The summed E-state index contributed by atoms with van der Waals surface area (Å²) in [5.74, 6) is 0.479. The Hall–Kier alpha value is -0.670. The molecule has 7 nitrogen and oxygen atoms in total. The van der Waals surface area contributed by atoms with Crippen molar-refractivity contribution in [1.29, 1.82) is 0 Å². The lowest BCUT2D eigenvalue weighted by atomic mass is 10.0. The maximum atomic E-state index is 12.0. The second-order valence-corrected chi connectivity index (χ2v) is 8.03. The van der Waals surface area contributed by atoms with Crippen LogP contribution in [-0.4, -0.2) is 67.4 Å². The number of thioether (sulfide) groups is 1. The summed E-state index contributed by atoms with van der Waals surface area (Å²) in [5, 5.41) is 0. The van der Waals surface area contributed by atoms with Gasteiger partial charge in [0.15, 0.2) is 12.1 Å². The minimum absolute atomic E-state index is 0.0757. The highest BCUT2D eigenvalue weighted by Crippen LogP contribution is 2.39. The van der Waals surface area contributed by atoms with Gasteiger partial charge in [-0.05, 0) is 39.5 Å².